The third-order valence-corrected chi connectivity index (χ3v) is 1.13. The van der Waals surface area contributed by atoms with Gasteiger partial charge < -0.3 is 28.0 Å². The number of unbranched alkanes of at least 4 members (excludes halogenated alkanes) is 1. The fourth-order valence-electron chi connectivity index (χ4n) is 0.461. The quantitative estimate of drug-likeness (QED) is 0.518. The lowest BCUT2D eigenvalue weighted by Crippen LogP contribution is -3.00. The molecule has 3 nitrogen and oxygen atoms in total. The zero-order valence-corrected chi connectivity index (χ0v) is 10.5. The van der Waals surface area contributed by atoms with Gasteiger partial charge in [0.15, 0.2) is 0 Å². The smallest absolute Gasteiger partial charge is 0.244 e. The van der Waals surface area contributed by atoms with E-state index in [4.69, 9.17) is 5.73 Å². The summed E-state index contributed by atoms with van der Waals surface area (Å²) >= 11 is 0. The number of quaternary nitrogens is 1. The minimum absolute atomic E-state index is 0. The van der Waals surface area contributed by atoms with Crippen LogP contribution in [0.5, 0.6) is 0 Å². The third-order valence-electron chi connectivity index (χ3n) is 1.13. The van der Waals surface area contributed by atoms with Crippen molar-refractivity contribution in [3.8, 4) is 0 Å². The van der Waals surface area contributed by atoms with E-state index in [1.807, 2.05) is 25.5 Å². The number of hydrogen-bond donors (Lipinski definition) is 2. The van der Waals surface area contributed by atoms with E-state index in [2.05, 4.69) is 6.92 Å². The van der Waals surface area contributed by atoms with Crippen molar-refractivity contribution in [3.63, 3.8) is 0 Å². The van der Waals surface area contributed by atoms with Gasteiger partial charge in [-0.1, -0.05) is 19.4 Å². The summed E-state index contributed by atoms with van der Waals surface area (Å²) in [5.74, 6) is -0.316. The Balaban J connectivity index is -0.000000220. The van der Waals surface area contributed by atoms with Crippen molar-refractivity contribution in [2.24, 2.45) is 5.73 Å². The van der Waals surface area contributed by atoms with Crippen molar-refractivity contribution in [1.82, 2.24) is 0 Å². The average Bonchev–Trinajstić information content (AvgIpc) is 2.01. The summed E-state index contributed by atoms with van der Waals surface area (Å²) in [6.45, 7) is 3.79. The van der Waals surface area contributed by atoms with E-state index in [-0.39, 0.29) is 22.9 Å². The van der Waals surface area contributed by atoms with Crippen LogP contribution < -0.4 is 28.0 Å². The second-order valence-electron chi connectivity index (χ2n) is 2.62. The Labute approximate surface area is 91.5 Å². The van der Waals surface area contributed by atoms with Gasteiger partial charge in [0, 0.05) is 5.57 Å². The molecule has 0 aliphatic heterocycles. The Kier molecular flexibility index (Phi) is 20.1. The monoisotopic (exact) mass is 252 g/mol. The van der Waals surface area contributed by atoms with Crippen LogP contribution in [0.15, 0.2) is 11.6 Å². The molecule has 13 heavy (non-hydrogen) atoms. The predicted octanol–water partition coefficient (Wildman–Crippen LogP) is -2.97. The van der Waals surface area contributed by atoms with Crippen molar-refractivity contribution >= 4 is 5.91 Å². The highest BCUT2D eigenvalue weighted by atomic mass is 79.9. The zero-order valence-electron chi connectivity index (χ0n) is 8.93. The molecular formula is C9H21BrN2O. The van der Waals surface area contributed by atoms with Crippen molar-refractivity contribution in [2.45, 2.75) is 26.7 Å². The maximum absolute atomic E-state index is 10.4. The number of halogens is 1. The Hall–Kier alpha value is -0.350. The lowest BCUT2D eigenvalue weighted by molar-refractivity contribution is -0.597. The van der Waals surface area contributed by atoms with Gasteiger partial charge >= 0.3 is 0 Å². The summed E-state index contributed by atoms with van der Waals surface area (Å²) < 4.78 is 0. The van der Waals surface area contributed by atoms with Crippen LogP contribution in [0.25, 0.3) is 0 Å². The van der Waals surface area contributed by atoms with Gasteiger partial charge in [0.25, 0.3) is 0 Å². The Morgan fingerprint density at radius 3 is 2.08 bits per heavy atom. The first-order chi connectivity index (χ1) is 5.59. The fourth-order valence-corrected chi connectivity index (χ4v) is 0.461. The van der Waals surface area contributed by atoms with Crippen LogP contribution in [0, 0.1) is 0 Å². The van der Waals surface area contributed by atoms with Gasteiger partial charge in [0.05, 0.1) is 14.1 Å². The van der Waals surface area contributed by atoms with Crippen LogP contribution in [0.2, 0.25) is 0 Å². The van der Waals surface area contributed by atoms with Crippen molar-refractivity contribution in [3.05, 3.63) is 11.6 Å². The molecule has 0 saturated carbocycles. The number of primary amides is 1. The van der Waals surface area contributed by atoms with Gasteiger partial charge in [-0.3, -0.25) is 4.79 Å². The van der Waals surface area contributed by atoms with E-state index in [9.17, 15) is 4.79 Å². The summed E-state index contributed by atoms with van der Waals surface area (Å²) in [6, 6.07) is 0. The molecule has 0 heterocycles. The van der Waals surface area contributed by atoms with Crippen LogP contribution in [-0.4, -0.2) is 20.0 Å². The molecule has 0 aromatic rings. The number of carbonyl (C=O) groups is 1. The van der Waals surface area contributed by atoms with Crippen molar-refractivity contribution in [1.29, 1.82) is 0 Å². The maximum Gasteiger partial charge on any atom is 0.244 e. The number of nitrogens with two attached hydrogens (primary N) is 2. The van der Waals surface area contributed by atoms with E-state index >= 15 is 0 Å². The molecule has 80 valence electrons. The van der Waals surface area contributed by atoms with E-state index < -0.39 is 0 Å². The van der Waals surface area contributed by atoms with Gasteiger partial charge in [-0.15, -0.1) is 0 Å². The number of rotatable bonds is 3. The lowest BCUT2D eigenvalue weighted by atomic mass is 10.2. The van der Waals surface area contributed by atoms with E-state index in [0.29, 0.717) is 5.57 Å². The molecule has 0 bridgehead atoms. The van der Waals surface area contributed by atoms with Crippen LogP contribution in [-0.2, 0) is 4.79 Å². The molecule has 0 aliphatic rings. The van der Waals surface area contributed by atoms with Crippen molar-refractivity contribution in [2.75, 3.05) is 14.1 Å². The maximum atomic E-state index is 10.4. The number of amides is 1. The lowest BCUT2D eigenvalue weighted by Gasteiger charge is -1.90. The molecule has 0 aromatic heterocycles. The molecule has 0 fully saturated rings. The minimum Gasteiger partial charge on any atom is -1.00 e. The summed E-state index contributed by atoms with van der Waals surface area (Å²) in [4.78, 5) is 10.4. The van der Waals surface area contributed by atoms with Gasteiger partial charge in [0.1, 0.15) is 0 Å². The number of hydrogen-bond acceptors (Lipinski definition) is 1. The molecule has 4 heteroatoms. The molecule has 0 aromatic carbocycles. The Morgan fingerprint density at radius 2 is 1.85 bits per heavy atom. The van der Waals surface area contributed by atoms with Crippen LogP contribution in [0.3, 0.4) is 0 Å². The SMILES string of the molecule is CCCC=C(C)C(N)=O.C[NH2+]C.[Br-]. The van der Waals surface area contributed by atoms with Crippen LogP contribution in [0.1, 0.15) is 26.7 Å². The highest BCUT2D eigenvalue weighted by Gasteiger charge is 1.93. The molecule has 0 atom stereocenters. The van der Waals surface area contributed by atoms with Gasteiger partial charge in [-0.2, -0.15) is 0 Å². The summed E-state index contributed by atoms with van der Waals surface area (Å²) in [6.07, 6.45) is 3.86. The van der Waals surface area contributed by atoms with Gasteiger partial charge in [-0.25, -0.2) is 0 Å². The molecule has 0 spiro atoms. The largest absolute Gasteiger partial charge is 1.00 e. The molecule has 0 unspecified atom stereocenters. The Morgan fingerprint density at radius 1 is 1.46 bits per heavy atom. The van der Waals surface area contributed by atoms with Gasteiger partial charge in [0.2, 0.25) is 5.91 Å². The topological polar surface area (TPSA) is 59.7 Å². The molecule has 0 radical (unpaired) electrons. The second-order valence-corrected chi connectivity index (χ2v) is 2.62. The zero-order chi connectivity index (χ0) is 9.98. The van der Waals surface area contributed by atoms with Crippen LogP contribution >= 0.6 is 0 Å². The summed E-state index contributed by atoms with van der Waals surface area (Å²) in [5.41, 5.74) is 5.63. The molecule has 0 saturated heterocycles. The van der Waals surface area contributed by atoms with E-state index in [0.717, 1.165) is 12.8 Å². The molecule has 0 rings (SSSR count). The Bertz CT molecular complexity index is 147. The molecule has 4 N–H and O–H groups in total. The second kappa shape index (κ2) is 14.2. The van der Waals surface area contributed by atoms with Crippen molar-refractivity contribution < 1.29 is 27.1 Å². The predicted molar refractivity (Wildman–Crippen MR) is 51.6 cm³/mol. The normalized spacial score (nSPS) is 9.38. The average molecular weight is 253 g/mol. The number of carbonyl (C=O) groups excluding carboxylic acids is 1. The van der Waals surface area contributed by atoms with E-state index in [1.165, 1.54) is 0 Å². The third kappa shape index (κ3) is 18.5. The first kappa shape index (κ1) is 18.4. The molecular weight excluding hydrogens is 232 g/mol. The van der Waals surface area contributed by atoms with Crippen LogP contribution in [0.4, 0.5) is 0 Å². The summed E-state index contributed by atoms with van der Waals surface area (Å²) in [5, 5.41) is 2.00. The summed E-state index contributed by atoms with van der Waals surface area (Å²) in [7, 11) is 4.00. The van der Waals surface area contributed by atoms with E-state index in [1.54, 1.807) is 6.92 Å². The highest BCUT2D eigenvalue weighted by Crippen LogP contribution is 1.95. The standard InChI is InChI=1S/C7H13NO.C2H7N.BrH/c1-3-4-5-6(2)7(8)9;1-3-2;/h5H,3-4H2,1-2H3,(H2,8,9);3H,1-2H3;1H. The first-order valence-electron chi connectivity index (χ1n) is 4.30. The molecule has 0 aliphatic carbocycles. The number of allylic oxidation sites excluding steroid dienone is 1. The fraction of sp³-hybridized carbons (Fsp3) is 0.667. The molecule has 1 amide bonds. The minimum atomic E-state index is -0.316. The highest BCUT2D eigenvalue weighted by molar-refractivity contribution is 5.91. The first-order valence-corrected chi connectivity index (χ1v) is 4.30. The van der Waals surface area contributed by atoms with Gasteiger partial charge in [-0.05, 0) is 13.3 Å².